The van der Waals surface area contributed by atoms with Crippen molar-refractivity contribution in [2.45, 2.75) is 19.3 Å². The third-order valence-electron chi connectivity index (χ3n) is 3.67. The standard InChI is InChI=1S/C16H16FN3O2S/c17-12-5-3-11(4-6-12)15(22)19-16-18-13(10-23-16)9-14(21)20-7-1-2-8-20/h3-6,10H,1-2,7-9H2,(H,18,19,22). The number of halogens is 1. The third-order valence-corrected chi connectivity index (χ3v) is 4.48. The molecule has 1 saturated heterocycles. The maximum atomic E-state index is 12.9. The van der Waals surface area contributed by atoms with E-state index in [0.717, 1.165) is 25.9 Å². The maximum absolute atomic E-state index is 12.9. The van der Waals surface area contributed by atoms with Crippen LogP contribution in [-0.4, -0.2) is 34.8 Å². The van der Waals surface area contributed by atoms with Gasteiger partial charge in [-0.05, 0) is 37.1 Å². The van der Waals surface area contributed by atoms with Crippen LogP contribution in [-0.2, 0) is 11.2 Å². The summed E-state index contributed by atoms with van der Waals surface area (Å²) in [5.41, 5.74) is 1.01. The highest BCUT2D eigenvalue weighted by Crippen LogP contribution is 2.18. The van der Waals surface area contributed by atoms with E-state index in [1.165, 1.54) is 35.6 Å². The number of amides is 2. The normalized spacial score (nSPS) is 14.0. The van der Waals surface area contributed by atoms with E-state index in [1.54, 1.807) is 5.38 Å². The Morgan fingerprint density at radius 3 is 2.61 bits per heavy atom. The van der Waals surface area contributed by atoms with E-state index in [1.807, 2.05) is 4.90 Å². The Bertz CT molecular complexity index is 708. The van der Waals surface area contributed by atoms with Crippen molar-refractivity contribution in [3.8, 4) is 0 Å². The first kappa shape index (κ1) is 15.6. The summed E-state index contributed by atoms with van der Waals surface area (Å²) in [4.78, 5) is 30.2. The molecule has 23 heavy (non-hydrogen) atoms. The van der Waals surface area contributed by atoms with Crippen LogP contribution in [0.2, 0.25) is 0 Å². The molecule has 0 spiro atoms. The van der Waals surface area contributed by atoms with Gasteiger partial charge in [-0.1, -0.05) is 0 Å². The highest BCUT2D eigenvalue weighted by atomic mass is 32.1. The molecule has 1 aliphatic heterocycles. The molecule has 1 aromatic carbocycles. The summed E-state index contributed by atoms with van der Waals surface area (Å²) in [6.45, 7) is 1.63. The molecule has 0 bridgehead atoms. The van der Waals surface area contributed by atoms with Gasteiger partial charge in [-0.3, -0.25) is 14.9 Å². The number of aromatic nitrogens is 1. The van der Waals surface area contributed by atoms with Crippen LogP contribution in [0, 0.1) is 5.82 Å². The summed E-state index contributed by atoms with van der Waals surface area (Å²) in [6.07, 6.45) is 2.37. The number of likely N-dealkylation sites (tertiary alicyclic amines) is 1. The SMILES string of the molecule is O=C(Nc1nc(CC(=O)N2CCCC2)cs1)c1ccc(F)cc1. The molecule has 1 aromatic heterocycles. The second-order valence-corrected chi connectivity index (χ2v) is 6.23. The Kier molecular flexibility index (Phi) is 4.66. The number of carbonyl (C=O) groups excluding carboxylic acids is 2. The molecule has 5 nitrogen and oxygen atoms in total. The number of rotatable bonds is 4. The van der Waals surface area contributed by atoms with Crippen LogP contribution < -0.4 is 5.32 Å². The molecule has 0 atom stereocenters. The van der Waals surface area contributed by atoms with Gasteiger partial charge in [0.2, 0.25) is 5.91 Å². The maximum Gasteiger partial charge on any atom is 0.257 e. The number of hydrogen-bond acceptors (Lipinski definition) is 4. The second-order valence-electron chi connectivity index (χ2n) is 5.37. The van der Waals surface area contributed by atoms with Crippen LogP contribution in [0.3, 0.4) is 0 Å². The van der Waals surface area contributed by atoms with Gasteiger partial charge >= 0.3 is 0 Å². The Morgan fingerprint density at radius 2 is 1.91 bits per heavy atom. The topological polar surface area (TPSA) is 62.3 Å². The van der Waals surface area contributed by atoms with Gasteiger partial charge in [0.25, 0.3) is 5.91 Å². The van der Waals surface area contributed by atoms with Gasteiger partial charge in [0, 0.05) is 24.0 Å². The summed E-state index contributed by atoms with van der Waals surface area (Å²) in [6, 6.07) is 5.29. The number of nitrogens with zero attached hydrogens (tertiary/aromatic N) is 2. The molecule has 0 aliphatic carbocycles. The van der Waals surface area contributed by atoms with Gasteiger partial charge in [-0.25, -0.2) is 9.37 Å². The average molecular weight is 333 g/mol. The number of thiazole rings is 1. The van der Waals surface area contributed by atoms with E-state index in [2.05, 4.69) is 10.3 Å². The Labute approximate surface area is 137 Å². The van der Waals surface area contributed by atoms with Crippen molar-refractivity contribution < 1.29 is 14.0 Å². The fourth-order valence-electron chi connectivity index (χ4n) is 2.45. The third kappa shape index (κ3) is 3.92. The fraction of sp³-hybridized carbons (Fsp3) is 0.312. The minimum Gasteiger partial charge on any atom is -0.342 e. The minimum absolute atomic E-state index is 0.0733. The summed E-state index contributed by atoms with van der Waals surface area (Å²) < 4.78 is 12.9. The van der Waals surface area contributed by atoms with Gasteiger partial charge in [0.05, 0.1) is 12.1 Å². The van der Waals surface area contributed by atoms with Crippen molar-refractivity contribution in [2.75, 3.05) is 18.4 Å². The van der Waals surface area contributed by atoms with Crippen LogP contribution in [0.25, 0.3) is 0 Å². The molecule has 1 fully saturated rings. The first-order valence-electron chi connectivity index (χ1n) is 7.41. The van der Waals surface area contributed by atoms with E-state index in [0.29, 0.717) is 16.4 Å². The molecule has 0 radical (unpaired) electrons. The lowest BCUT2D eigenvalue weighted by molar-refractivity contribution is -0.129. The molecule has 7 heteroatoms. The monoisotopic (exact) mass is 333 g/mol. The number of carbonyl (C=O) groups is 2. The Morgan fingerprint density at radius 1 is 1.22 bits per heavy atom. The molecular weight excluding hydrogens is 317 g/mol. The zero-order valence-electron chi connectivity index (χ0n) is 12.4. The Balaban J connectivity index is 1.59. The highest BCUT2D eigenvalue weighted by molar-refractivity contribution is 7.14. The van der Waals surface area contributed by atoms with Gasteiger partial charge in [-0.2, -0.15) is 0 Å². The second kappa shape index (κ2) is 6.87. The predicted octanol–water partition coefficient (Wildman–Crippen LogP) is 2.70. The first-order chi connectivity index (χ1) is 11.1. The largest absolute Gasteiger partial charge is 0.342 e. The fourth-order valence-corrected chi connectivity index (χ4v) is 3.15. The quantitative estimate of drug-likeness (QED) is 0.936. The zero-order valence-corrected chi connectivity index (χ0v) is 13.2. The molecule has 1 N–H and O–H groups in total. The number of hydrogen-bond donors (Lipinski definition) is 1. The highest BCUT2D eigenvalue weighted by Gasteiger charge is 2.19. The van der Waals surface area contributed by atoms with E-state index < -0.39 is 5.82 Å². The number of anilines is 1. The zero-order chi connectivity index (χ0) is 16.2. The van der Waals surface area contributed by atoms with E-state index >= 15 is 0 Å². The van der Waals surface area contributed by atoms with Crippen LogP contribution in [0.15, 0.2) is 29.6 Å². The lowest BCUT2D eigenvalue weighted by Crippen LogP contribution is -2.29. The minimum atomic E-state index is -0.390. The van der Waals surface area contributed by atoms with E-state index in [9.17, 15) is 14.0 Å². The predicted molar refractivity (Wildman–Crippen MR) is 86.0 cm³/mol. The molecule has 2 amide bonds. The molecule has 3 rings (SSSR count). The number of nitrogens with one attached hydrogen (secondary N) is 1. The molecular formula is C16H16FN3O2S. The van der Waals surface area contributed by atoms with Crippen molar-refractivity contribution in [3.63, 3.8) is 0 Å². The van der Waals surface area contributed by atoms with Gasteiger partial charge in [-0.15, -0.1) is 11.3 Å². The molecule has 0 saturated carbocycles. The Hall–Kier alpha value is -2.28. The average Bonchev–Trinajstić information content (AvgIpc) is 3.19. The van der Waals surface area contributed by atoms with Crippen LogP contribution in [0.1, 0.15) is 28.9 Å². The summed E-state index contributed by atoms with van der Waals surface area (Å²) >= 11 is 1.27. The van der Waals surface area contributed by atoms with Crippen molar-refractivity contribution in [1.82, 2.24) is 9.88 Å². The van der Waals surface area contributed by atoms with Crippen LogP contribution >= 0.6 is 11.3 Å². The summed E-state index contributed by atoms with van der Waals surface area (Å²) in [5.74, 6) is -0.667. The van der Waals surface area contributed by atoms with E-state index in [4.69, 9.17) is 0 Å². The lowest BCUT2D eigenvalue weighted by Gasteiger charge is -2.13. The summed E-state index contributed by atoms with van der Waals surface area (Å²) in [5, 5.41) is 4.87. The van der Waals surface area contributed by atoms with Gasteiger partial charge < -0.3 is 4.90 Å². The van der Waals surface area contributed by atoms with Crippen molar-refractivity contribution in [3.05, 3.63) is 46.7 Å². The molecule has 2 aromatic rings. The van der Waals surface area contributed by atoms with Gasteiger partial charge in [0.1, 0.15) is 5.82 Å². The molecule has 1 aliphatic rings. The first-order valence-corrected chi connectivity index (χ1v) is 8.29. The molecule has 120 valence electrons. The van der Waals surface area contributed by atoms with Crippen LogP contribution in [0.4, 0.5) is 9.52 Å². The van der Waals surface area contributed by atoms with Crippen molar-refractivity contribution >= 4 is 28.3 Å². The number of benzene rings is 1. The van der Waals surface area contributed by atoms with Crippen molar-refractivity contribution in [2.24, 2.45) is 0 Å². The van der Waals surface area contributed by atoms with Crippen molar-refractivity contribution in [1.29, 1.82) is 0 Å². The lowest BCUT2D eigenvalue weighted by atomic mass is 10.2. The van der Waals surface area contributed by atoms with E-state index in [-0.39, 0.29) is 18.2 Å². The smallest absolute Gasteiger partial charge is 0.257 e. The summed E-state index contributed by atoms with van der Waals surface area (Å²) in [7, 11) is 0. The van der Waals surface area contributed by atoms with Gasteiger partial charge in [0.15, 0.2) is 5.13 Å². The molecule has 0 unspecified atom stereocenters. The molecule has 2 heterocycles. The van der Waals surface area contributed by atoms with Crippen LogP contribution in [0.5, 0.6) is 0 Å².